The molecule has 2 fully saturated rings. The molecule has 1 unspecified atom stereocenters. The molecule has 2 aromatic carbocycles. The van der Waals surface area contributed by atoms with Crippen LogP contribution in [0.4, 0.5) is 26.3 Å². The van der Waals surface area contributed by atoms with E-state index in [0.29, 0.717) is 19.4 Å². The lowest BCUT2D eigenvalue weighted by Gasteiger charge is -2.57. The third kappa shape index (κ3) is 5.80. The number of nitrogens with one attached hydrogen (secondary N) is 1. The minimum Gasteiger partial charge on any atom is -0.372 e. The summed E-state index contributed by atoms with van der Waals surface area (Å²) in [5.41, 5.74) is -2.95. The van der Waals surface area contributed by atoms with Crippen LogP contribution in [0.15, 0.2) is 48.5 Å². The van der Waals surface area contributed by atoms with Gasteiger partial charge >= 0.3 is 12.4 Å². The first-order chi connectivity index (χ1) is 17.2. The molecule has 0 spiro atoms. The van der Waals surface area contributed by atoms with Crippen molar-refractivity contribution in [1.82, 2.24) is 10.2 Å². The summed E-state index contributed by atoms with van der Waals surface area (Å²) in [6.07, 6.45) is -7.90. The molecule has 2 bridgehead atoms. The molecule has 37 heavy (non-hydrogen) atoms. The Bertz CT molecular complexity index is 1090. The zero-order chi connectivity index (χ0) is 27.1. The maximum Gasteiger partial charge on any atom is 0.416 e. The number of benzene rings is 2. The number of carbonyl (C=O) groups is 1. The van der Waals surface area contributed by atoms with E-state index in [4.69, 9.17) is 4.74 Å². The lowest BCUT2D eigenvalue weighted by atomic mass is 9.70. The van der Waals surface area contributed by atoms with Gasteiger partial charge in [-0.25, -0.2) is 0 Å². The Morgan fingerprint density at radius 3 is 2.19 bits per heavy atom. The third-order valence-electron chi connectivity index (χ3n) is 7.60. The number of nitrogens with zero attached hydrogens (tertiary/aromatic N) is 1. The van der Waals surface area contributed by atoms with Crippen LogP contribution in [0.2, 0.25) is 0 Å². The van der Waals surface area contributed by atoms with E-state index in [2.05, 4.69) is 10.2 Å². The van der Waals surface area contributed by atoms with Gasteiger partial charge in [-0.1, -0.05) is 30.3 Å². The van der Waals surface area contributed by atoms with E-state index in [1.165, 1.54) is 13.8 Å². The molecule has 2 saturated heterocycles. The van der Waals surface area contributed by atoms with Gasteiger partial charge in [-0.3, -0.25) is 9.69 Å². The van der Waals surface area contributed by atoms with Gasteiger partial charge in [0.05, 0.1) is 34.9 Å². The van der Waals surface area contributed by atoms with Crippen molar-refractivity contribution in [2.45, 2.75) is 69.1 Å². The SMILES string of the molecule is CC(=O)N[C@]12CCCN(C1)[C@](CO[C@H](C)c1cc(C(F)(F)F)cc(C(F)(F)F)c1)(c1ccccc1)CC2. The molecule has 1 N–H and O–H groups in total. The van der Waals surface area contributed by atoms with Crippen LogP contribution in [0.3, 0.4) is 0 Å². The molecule has 2 aromatic rings. The zero-order valence-electron chi connectivity index (χ0n) is 20.7. The summed E-state index contributed by atoms with van der Waals surface area (Å²) >= 11 is 0. The van der Waals surface area contributed by atoms with Gasteiger partial charge in [-0.05, 0) is 68.5 Å². The molecule has 0 radical (unpaired) electrons. The van der Waals surface area contributed by atoms with E-state index in [0.717, 1.165) is 37.1 Å². The minimum atomic E-state index is -4.93. The second kappa shape index (κ2) is 9.94. The summed E-state index contributed by atoms with van der Waals surface area (Å²) in [7, 11) is 0. The summed E-state index contributed by atoms with van der Waals surface area (Å²) in [6, 6.07) is 11.1. The van der Waals surface area contributed by atoms with Crippen molar-refractivity contribution < 1.29 is 35.9 Å². The Balaban J connectivity index is 1.64. The fourth-order valence-electron chi connectivity index (χ4n) is 5.74. The van der Waals surface area contributed by atoms with E-state index in [9.17, 15) is 31.1 Å². The molecule has 2 aliphatic rings. The number of rotatable bonds is 6. The first kappa shape index (κ1) is 27.4. The number of fused-ring (bicyclic) bond motifs is 2. The number of hydrogen-bond donors (Lipinski definition) is 1. The molecule has 4 rings (SSSR count). The average Bonchev–Trinajstić information content (AvgIpc) is 2.82. The molecule has 0 aromatic heterocycles. The van der Waals surface area contributed by atoms with E-state index in [-0.39, 0.29) is 29.7 Å². The molecular weight excluding hydrogens is 498 g/mol. The Hall–Kier alpha value is -2.59. The Morgan fingerprint density at radius 1 is 1.00 bits per heavy atom. The van der Waals surface area contributed by atoms with Crippen LogP contribution in [0.25, 0.3) is 0 Å². The largest absolute Gasteiger partial charge is 0.416 e. The van der Waals surface area contributed by atoms with Gasteiger partial charge in [-0.2, -0.15) is 26.3 Å². The van der Waals surface area contributed by atoms with Crippen LogP contribution in [0.1, 0.15) is 67.9 Å². The zero-order valence-corrected chi connectivity index (χ0v) is 20.7. The highest BCUT2D eigenvalue weighted by Gasteiger charge is 2.51. The van der Waals surface area contributed by atoms with Gasteiger partial charge in [-0.15, -0.1) is 0 Å². The molecule has 0 saturated carbocycles. The van der Waals surface area contributed by atoms with Gasteiger partial charge < -0.3 is 10.1 Å². The average molecular weight is 529 g/mol. The number of carbonyl (C=O) groups excluding carboxylic acids is 1. The van der Waals surface area contributed by atoms with Crippen molar-refractivity contribution >= 4 is 5.91 Å². The lowest BCUT2D eigenvalue weighted by molar-refractivity contribution is -0.143. The standard InChI is InChI=1S/C27H30F6N2O2/c1-18(20-13-22(26(28,29)30)15-23(14-20)27(31,32)33)37-17-25(21-7-4-3-5-8-21)11-10-24(34-19(2)36)9-6-12-35(25)16-24/h3-5,7-8,13-15,18H,6,9-12,16-17H2,1-2H3,(H,34,36)/t18-,24+,25-/m1/s1. The number of amides is 1. The highest BCUT2D eigenvalue weighted by Crippen LogP contribution is 2.46. The Labute approximate surface area is 212 Å². The number of piperidine rings is 2. The van der Waals surface area contributed by atoms with Crippen LogP contribution in [-0.2, 0) is 27.4 Å². The molecule has 4 atom stereocenters. The molecule has 4 nitrogen and oxygen atoms in total. The van der Waals surface area contributed by atoms with Crippen molar-refractivity contribution in [1.29, 1.82) is 0 Å². The van der Waals surface area contributed by atoms with Crippen LogP contribution in [-0.4, -0.2) is 36.0 Å². The highest BCUT2D eigenvalue weighted by molar-refractivity contribution is 5.74. The molecule has 0 aliphatic carbocycles. The van der Waals surface area contributed by atoms with Gasteiger partial charge in [0.25, 0.3) is 0 Å². The maximum absolute atomic E-state index is 13.4. The molecule has 1 amide bonds. The van der Waals surface area contributed by atoms with Crippen molar-refractivity contribution in [3.05, 3.63) is 70.8 Å². The minimum absolute atomic E-state index is 0.0753. The Morgan fingerprint density at radius 2 is 1.62 bits per heavy atom. The molecule has 202 valence electrons. The Kier molecular flexibility index (Phi) is 7.38. The fourth-order valence-corrected chi connectivity index (χ4v) is 5.74. The van der Waals surface area contributed by atoms with E-state index in [1.807, 2.05) is 30.3 Å². The molecular formula is C27H30F6N2O2. The maximum atomic E-state index is 13.4. The van der Waals surface area contributed by atoms with Crippen molar-refractivity contribution in [3.63, 3.8) is 0 Å². The van der Waals surface area contributed by atoms with Crippen molar-refractivity contribution in [2.24, 2.45) is 0 Å². The van der Waals surface area contributed by atoms with Crippen molar-refractivity contribution in [2.75, 3.05) is 19.7 Å². The number of halogens is 6. The third-order valence-corrected chi connectivity index (χ3v) is 7.60. The quantitative estimate of drug-likeness (QED) is 0.438. The second-order valence-corrected chi connectivity index (χ2v) is 10.2. The summed E-state index contributed by atoms with van der Waals surface area (Å²) < 4.78 is 86.4. The van der Waals surface area contributed by atoms with Crippen LogP contribution in [0.5, 0.6) is 0 Å². The van der Waals surface area contributed by atoms with Gasteiger partial charge in [0.2, 0.25) is 5.91 Å². The monoisotopic (exact) mass is 528 g/mol. The first-order valence-corrected chi connectivity index (χ1v) is 12.2. The molecule has 2 aliphatic heterocycles. The van der Waals surface area contributed by atoms with E-state index >= 15 is 0 Å². The van der Waals surface area contributed by atoms with Crippen LogP contribution < -0.4 is 5.32 Å². The number of ether oxygens (including phenoxy) is 1. The lowest BCUT2D eigenvalue weighted by Crippen LogP contribution is -2.67. The van der Waals surface area contributed by atoms with Crippen LogP contribution >= 0.6 is 0 Å². The summed E-state index contributed by atoms with van der Waals surface area (Å²) in [5.74, 6) is -0.107. The predicted molar refractivity (Wildman–Crippen MR) is 126 cm³/mol. The predicted octanol–water partition coefficient (Wildman–Crippen LogP) is 6.46. The number of alkyl halides is 6. The van der Waals surface area contributed by atoms with Gasteiger partial charge in [0.1, 0.15) is 0 Å². The highest BCUT2D eigenvalue weighted by atomic mass is 19.4. The van der Waals surface area contributed by atoms with E-state index < -0.39 is 35.1 Å². The molecule has 10 heteroatoms. The van der Waals surface area contributed by atoms with Gasteiger partial charge in [0.15, 0.2) is 0 Å². The topological polar surface area (TPSA) is 41.6 Å². The number of hydrogen-bond acceptors (Lipinski definition) is 3. The second-order valence-electron chi connectivity index (χ2n) is 10.2. The molecule has 2 heterocycles. The fraction of sp³-hybridized carbons (Fsp3) is 0.519. The van der Waals surface area contributed by atoms with Crippen LogP contribution in [0, 0.1) is 0 Å². The first-order valence-electron chi connectivity index (χ1n) is 12.2. The smallest absolute Gasteiger partial charge is 0.372 e. The summed E-state index contributed by atoms with van der Waals surface area (Å²) in [6.45, 7) is 4.35. The van der Waals surface area contributed by atoms with Gasteiger partial charge in [0, 0.05) is 13.5 Å². The summed E-state index contributed by atoms with van der Waals surface area (Å²) in [4.78, 5) is 14.1. The summed E-state index contributed by atoms with van der Waals surface area (Å²) in [5, 5.41) is 3.11. The normalized spacial score (nSPS) is 27.0. The van der Waals surface area contributed by atoms with Crippen molar-refractivity contribution in [3.8, 4) is 0 Å². The van der Waals surface area contributed by atoms with E-state index in [1.54, 1.807) is 0 Å².